The van der Waals surface area contributed by atoms with Gasteiger partial charge < -0.3 is 14.4 Å². The van der Waals surface area contributed by atoms with Crippen molar-refractivity contribution < 1.29 is 22.7 Å². The molecule has 1 heterocycles. The molecule has 0 aliphatic rings. The summed E-state index contributed by atoms with van der Waals surface area (Å²) < 4.78 is 46.2. The molecule has 9 heteroatoms. The van der Waals surface area contributed by atoms with E-state index in [1.165, 1.54) is 19.2 Å². The van der Waals surface area contributed by atoms with Gasteiger partial charge in [-0.2, -0.15) is 13.2 Å². The van der Waals surface area contributed by atoms with Crippen LogP contribution >= 0.6 is 23.5 Å². The minimum Gasteiger partial charge on any atom is -0.465 e. The van der Waals surface area contributed by atoms with Gasteiger partial charge in [0.15, 0.2) is 0 Å². The van der Waals surface area contributed by atoms with Gasteiger partial charge in [0, 0.05) is 17.1 Å². The molecule has 0 bridgehead atoms. The lowest BCUT2D eigenvalue weighted by molar-refractivity contribution is -0.137. The monoisotopic (exact) mass is 378 g/mol. The van der Waals surface area contributed by atoms with Crippen molar-refractivity contribution in [1.82, 2.24) is 4.98 Å². The number of aryl methyl sites for hydroxylation is 2. The zero-order valence-corrected chi connectivity index (χ0v) is 14.5. The summed E-state index contributed by atoms with van der Waals surface area (Å²) in [4.78, 5) is 15.4. The van der Waals surface area contributed by atoms with E-state index < -0.39 is 17.7 Å². The number of carbonyl (C=O) groups is 1. The average Bonchev–Trinajstić information content (AvgIpc) is 2.78. The molecule has 2 N–H and O–H groups in total. The van der Waals surface area contributed by atoms with Crippen molar-refractivity contribution >= 4 is 35.2 Å². The number of methoxy groups -OCH3 is 1. The van der Waals surface area contributed by atoms with Gasteiger partial charge in [0.25, 0.3) is 0 Å². The first kappa shape index (κ1) is 18.5. The molecule has 4 nitrogen and oxygen atoms in total. The first-order valence-electron chi connectivity index (χ1n) is 6.72. The number of hydrogen-bond donors (Lipinski definition) is 2. The van der Waals surface area contributed by atoms with Crippen LogP contribution in [0.15, 0.2) is 23.1 Å². The fourth-order valence-electron chi connectivity index (χ4n) is 2.15. The van der Waals surface area contributed by atoms with Crippen LogP contribution in [-0.4, -0.2) is 18.1 Å². The van der Waals surface area contributed by atoms with Crippen molar-refractivity contribution in [2.75, 3.05) is 11.8 Å². The number of aromatic amines is 1. The molecule has 0 fully saturated rings. The molecule has 2 rings (SSSR count). The minimum atomic E-state index is -4.54. The standard InChI is InChI=1S/C15H14ClF3N2O2S/c1-7-12(14(22)23-3)13(8(2)20-7)24-21-9-4-5-11(16)10(6-9)15(17,18)19/h4-6,20-21H,1-3H3. The Bertz CT molecular complexity index is 775. The Labute approximate surface area is 145 Å². The molecule has 1 aromatic heterocycles. The average molecular weight is 379 g/mol. The van der Waals surface area contributed by atoms with Gasteiger partial charge in [0.2, 0.25) is 0 Å². The highest BCUT2D eigenvalue weighted by Gasteiger charge is 2.33. The van der Waals surface area contributed by atoms with Crippen molar-refractivity contribution in [3.05, 3.63) is 45.7 Å². The van der Waals surface area contributed by atoms with Gasteiger partial charge in [0.05, 0.1) is 28.2 Å². The van der Waals surface area contributed by atoms with Crippen LogP contribution in [0.25, 0.3) is 0 Å². The molecule has 130 valence electrons. The van der Waals surface area contributed by atoms with Gasteiger partial charge in [-0.3, -0.25) is 0 Å². The van der Waals surface area contributed by atoms with Crippen molar-refractivity contribution in [3.63, 3.8) is 0 Å². The second kappa shape index (κ2) is 6.98. The summed E-state index contributed by atoms with van der Waals surface area (Å²) in [6, 6.07) is 3.52. The molecule has 0 spiro atoms. The zero-order chi connectivity index (χ0) is 18.1. The summed E-state index contributed by atoms with van der Waals surface area (Å²) in [5, 5.41) is -0.373. The number of carbonyl (C=O) groups excluding carboxylic acids is 1. The van der Waals surface area contributed by atoms with E-state index >= 15 is 0 Å². The predicted molar refractivity (Wildman–Crippen MR) is 87.5 cm³/mol. The van der Waals surface area contributed by atoms with E-state index in [4.69, 9.17) is 16.3 Å². The van der Waals surface area contributed by atoms with E-state index in [-0.39, 0.29) is 10.7 Å². The number of anilines is 1. The molecule has 0 aliphatic carbocycles. The first-order chi connectivity index (χ1) is 11.1. The summed E-state index contributed by atoms with van der Waals surface area (Å²) in [6.45, 7) is 3.47. The summed E-state index contributed by atoms with van der Waals surface area (Å²) in [6.07, 6.45) is -4.54. The van der Waals surface area contributed by atoms with Crippen LogP contribution < -0.4 is 4.72 Å². The SMILES string of the molecule is COC(=O)c1c(C)[nH]c(C)c1SNc1ccc(Cl)c(C(F)(F)F)c1. The van der Waals surface area contributed by atoms with Crippen LogP contribution in [0.4, 0.5) is 18.9 Å². The quantitative estimate of drug-likeness (QED) is 0.566. The number of aromatic nitrogens is 1. The number of benzene rings is 1. The fourth-order valence-corrected chi connectivity index (χ4v) is 3.26. The molecular formula is C15H14ClF3N2O2S. The number of esters is 1. The number of alkyl halides is 3. The Morgan fingerprint density at radius 1 is 1.29 bits per heavy atom. The Morgan fingerprint density at radius 3 is 2.54 bits per heavy atom. The Kier molecular flexibility index (Phi) is 5.39. The van der Waals surface area contributed by atoms with Crippen LogP contribution in [0.1, 0.15) is 27.3 Å². The van der Waals surface area contributed by atoms with Crippen LogP contribution in [0.3, 0.4) is 0 Å². The normalized spacial score (nSPS) is 11.5. The number of hydrogen-bond acceptors (Lipinski definition) is 4. The summed E-state index contributed by atoms with van der Waals surface area (Å²) >= 11 is 6.62. The molecule has 24 heavy (non-hydrogen) atoms. The van der Waals surface area contributed by atoms with Crippen LogP contribution in [0.2, 0.25) is 5.02 Å². The zero-order valence-electron chi connectivity index (χ0n) is 13.0. The smallest absolute Gasteiger partial charge is 0.417 e. The number of ether oxygens (including phenoxy) is 1. The summed E-state index contributed by atoms with van der Waals surface area (Å²) in [7, 11) is 1.26. The molecule has 0 amide bonds. The van der Waals surface area contributed by atoms with E-state index in [0.717, 1.165) is 18.0 Å². The highest BCUT2D eigenvalue weighted by Crippen LogP contribution is 2.37. The highest BCUT2D eigenvalue weighted by atomic mass is 35.5. The Morgan fingerprint density at radius 2 is 1.96 bits per heavy atom. The molecule has 0 atom stereocenters. The second-order valence-electron chi connectivity index (χ2n) is 4.97. The lowest BCUT2D eigenvalue weighted by atomic mass is 10.2. The molecule has 0 saturated carbocycles. The summed E-state index contributed by atoms with van der Waals surface area (Å²) in [5.74, 6) is -0.520. The molecule has 0 unspecified atom stereocenters. The number of halogens is 4. The molecule has 2 aromatic rings. The number of H-pyrrole nitrogens is 1. The van der Waals surface area contributed by atoms with Gasteiger partial charge in [0.1, 0.15) is 0 Å². The van der Waals surface area contributed by atoms with E-state index in [0.29, 0.717) is 21.8 Å². The lowest BCUT2D eigenvalue weighted by Gasteiger charge is -2.12. The van der Waals surface area contributed by atoms with Crippen molar-refractivity contribution in [3.8, 4) is 0 Å². The van der Waals surface area contributed by atoms with Crippen molar-refractivity contribution in [1.29, 1.82) is 0 Å². The maximum Gasteiger partial charge on any atom is 0.417 e. The molecule has 0 aliphatic heterocycles. The van der Waals surface area contributed by atoms with Gasteiger partial charge in [-0.25, -0.2) is 4.79 Å². The Hall–Kier alpha value is -1.80. The van der Waals surface area contributed by atoms with Gasteiger partial charge in [-0.15, -0.1) is 0 Å². The summed E-state index contributed by atoms with van der Waals surface area (Å²) in [5.41, 5.74) is 0.958. The maximum absolute atomic E-state index is 12.9. The molecular weight excluding hydrogens is 365 g/mol. The van der Waals surface area contributed by atoms with E-state index in [2.05, 4.69) is 9.71 Å². The van der Waals surface area contributed by atoms with Gasteiger partial charge in [-0.05, 0) is 44.0 Å². The third kappa shape index (κ3) is 3.81. The first-order valence-corrected chi connectivity index (χ1v) is 7.91. The highest BCUT2D eigenvalue weighted by molar-refractivity contribution is 8.00. The number of nitrogens with one attached hydrogen (secondary N) is 2. The largest absolute Gasteiger partial charge is 0.465 e. The Balaban J connectivity index is 2.28. The topological polar surface area (TPSA) is 54.1 Å². The number of rotatable bonds is 4. The van der Waals surface area contributed by atoms with Crippen LogP contribution in [-0.2, 0) is 10.9 Å². The van der Waals surface area contributed by atoms with Crippen molar-refractivity contribution in [2.45, 2.75) is 24.9 Å². The van der Waals surface area contributed by atoms with E-state index in [1.807, 2.05) is 0 Å². The maximum atomic E-state index is 12.9. The fraction of sp³-hybridized carbons (Fsp3) is 0.267. The van der Waals surface area contributed by atoms with Crippen LogP contribution in [0, 0.1) is 13.8 Å². The van der Waals surface area contributed by atoms with Gasteiger partial charge >= 0.3 is 12.1 Å². The van der Waals surface area contributed by atoms with Gasteiger partial charge in [-0.1, -0.05) is 11.6 Å². The van der Waals surface area contributed by atoms with E-state index in [9.17, 15) is 18.0 Å². The molecule has 0 radical (unpaired) electrons. The molecule has 1 aromatic carbocycles. The van der Waals surface area contributed by atoms with E-state index in [1.54, 1.807) is 13.8 Å². The third-order valence-corrected chi connectivity index (χ3v) is 4.63. The second-order valence-corrected chi connectivity index (χ2v) is 6.19. The minimum absolute atomic E-state index is 0.214. The lowest BCUT2D eigenvalue weighted by Crippen LogP contribution is -2.06. The van der Waals surface area contributed by atoms with Crippen LogP contribution in [0.5, 0.6) is 0 Å². The molecule has 0 saturated heterocycles. The third-order valence-electron chi connectivity index (χ3n) is 3.25. The predicted octanol–water partition coefficient (Wildman–Crippen LogP) is 5.21. The van der Waals surface area contributed by atoms with Crippen molar-refractivity contribution in [2.24, 2.45) is 0 Å².